The number of benzene rings is 4. The van der Waals surface area contributed by atoms with Crippen molar-refractivity contribution in [1.29, 1.82) is 5.26 Å². The van der Waals surface area contributed by atoms with Crippen LogP contribution < -0.4 is 19.5 Å². The minimum atomic E-state index is -0.575. The Hall–Kier alpha value is -4.15. The average molecular weight is 608 g/mol. The topological polar surface area (TPSA) is 80.6 Å². The van der Waals surface area contributed by atoms with Gasteiger partial charge in [0.15, 0.2) is 11.5 Å². The molecule has 4 rings (SSSR count). The highest BCUT2D eigenvalue weighted by Gasteiger charge is 2.15. The van der Waals surface area contributed by atoms with Crippen LogP contribution in [0.25, 0.3) is 6.08 Å². The van der Waals surface area contributed by atoms with Gasteiger partial charge in [-0.25, -0.2) is 0 Å². The molecule has 0 radical (unpaired) electrons. The number of carbonyl (C=O) groups excluding carboxylic acids is 1. The third kappa shape index (κ3) is 8.42. The van der Waals surface area contributed by atoms with Crippen molar-refractivity contribution in [3.63, 3.8) is 0 Å². The van der Waals surface area contributed by atoms with Crippen LogP contribution in [-0.2, 0) is 18.0 Å². The zero-order chi connectivity index (χ0) is 29.2. The molecule has 0 aromatic heterocycles. The van der Waals surface area contributed by atoms with Crippen LogP contribution in [0.2, 0.25) is 15.1 Å². The van der Waals surface area contributed by atoms with Crippen molar-refractivity contribution < 1.29 is 19.0 Å². The summed E-state index contributed by atoms with van der Waals surface area (Å²) in [7, 11) is 0. The molecule has 0 aliphatic carbocycles. The fraction of sp³-hybridized carbons (Fsp3) is 0.125. The molecule has 0 fully saturated rings. The van der Waals surface area contributed by atoms with Crippen molar-refractivity contribution in [3.05, 3.63) is 122 Å². The summed E-state index contributed by atoms with van der Waals surface area (Å²) in [5.74, 6) is 0.788. The van der Waals surface area contributed by atoms with Gasteiger partial charge in [0, 0.05) is 21.3 Å². The maximum Gasteiger partial charge on any atom is 0.266 e. The lowest BCUT2D eigenvalue weighted by Crippen LogP contribution is -2.13. The maximum absolute atomic E-state index is 12.9. The van der Waals surface area contributed by atoms with Crippen LogP contribution in [0.1, 0.15) is 23.6 Å². The van der Waals surface area contributed by atoms with Crippen molar-refractivity contribution in [3.8, 4) is 23.3 Å². The Morgan fingerprint density at radius 3 is 2.29 bits per heavy atom. The Kier molecular flexibility index (Phi) is 10.5. The highest BCUT2D eigenvalue weighted by atomic mass is 35.5. The molecular formula is C32H25Cl3N2O4. The second-order valence-electron chi connectivity index (χ2n) is 8.71. The van der Waals surface area contributed by atoms with Crippen LogP contribution in [0.15, 0.2) is 90.5 Å². The van der Waals surface area contributed by atoms with Gasteiger partial charge in [0.2, 0.25) is 0 Å². The van der Waals surface area contributed by atoms with E-state index in [0.717, 1.165) is 11.1 Å². The van der Waals surface area contributed by atoms with E-state index in [4.69, 9.17) is 49.0 Å². The Morgan fingerprint density at radius 1 is 0.878 bits per heavy atom. The van der Waals surface area contributed by atoms with Gasteiger partial charge in [0.05, 0.1) is 11.6 Å². The van der Waals surface area contributed by atoms with E-state index in [0.29, 0.717) is 51.8 Å². The quantitative estimate of drug-likeness (QED) is 0.136. The lowest BCUT2D eigenvalue weighted by atomic mass is 10.1. The molecule has 0 bridgehead atoms. The fourth-order valence-corrected chi connectivity index (χ4v) is 4.33. The number of anilines is 1. The number of rotatable bonds is 11. The van der Waals surface area contributed by atoms with E-state index >= 15 is 0 Å². The predicted molar refractivity (Wildman–Crippen MR) is 163 cm³/mol. The molecule has 0 aliphatic heterocycles. The van der Waals surface area contributed by atoms with Gasteiger partial charge >= 0.3 is 0 Å². The molecule has 4 aromatic carbocycles. The lowest BCUT2D eigenvalue weighted by Gasteiger charge is -2.15. The largest absolute Gasteiger partial charge is 0.490 e. The van der Waals surface area contributed by atoms with Gasteiger partial charge in [-0.15, -0.1) is 0 Å². The monoisotopic (exact) mass is 606 g/mol. The Balaban J connectivity index is 1.44. The lowest BCUT2D eigenvalue weighted by molar-refractivity contribution is -0.112. The molecule has 0 atom stereocenters. The van der Waals surface area contributed by atoms with Crippen LogP contribution >= 0.6 is 34.8 Å². The van der Waals surface area contributed by atoms with Gasteiger partial charge < -0.3 is 19.5 Å². The van der Waals surface area contributed by atoms with Crippen molar-refractivity contribution in [2.75, 3.05) is 11.9 Å². The number of nitrogens with one attached hydrogen (secondary N) is 1. The van der Waals surface area contributed by atoms with Crippen LogP contribution in [0, 0.1) is 11.3 Å². The molecule has 1 amide bonds. The normalized spacial score (nSPS) is 11.0. The van der Waals surface area contributed by atoms with Crippen LogP contribution in [0.4, 0.5) is 5.69 Å². The molecule has 6 nitrogen and oxygen atoms in total. The average Bonchev–Trinajstić information content (AvgIpc) is 2.97. The van der Waals surface area contributed by atoms with Crippen LogP contribution in [-0.4, -0.2) is 12.5 Å². The minimum Gasteiger partial charge on any atom is -0.490 e. The molecular weight excluding hydrogens is 583 g/mol. The van der Waals surface area contributed by atoms with Gasteiger partial charge in [-0.1, -0.05) is 65.1 Å². The molecule has 4 aromatic rings. The summed E-state index contributed by atoms with van der Waals surface area (Å²) in [6.07, 6.45) is 1.44. The predicted octanol–water partition coefficient (Wildman–Crippen LogP) is 8.75. The van der Waals surface area contributed by atoms with Gasteiger partial charge in [-0.05, 0) is 78.7 Å². The number of hydrogen-bond donors (Lipinski definition) is 1. The molecule has 0 saturated heterocycles. The van der Waals surface area contributed by atoms with Crippen molar-refractivity contribution in [2.45, 2.75) is 20.1 Å². The van der Waals surface area contributed by atoms with Crippen LogP contribution in [0.5, 0.6) is 17.2 Å². The summed E-state index contributed by atoms with van der Waals surface area (Å²) in [5, 5.41) is 14.0. The zero-order valence-corrected chi connectivity index (χ0v) is 24.3. The summed E-state index contributed by atoms with van der Waals surface area (Å²) in [6, 6.07) is 26.7. The molecule has 0 spiro atoms. The summed E-state index contributed by atoms with van der Waals surface area (Å²) in [4.78, 5) is 12.9. The van der Waals surface area contributed by atoms with Gasteiger partial charge in [0.1, 0.15) is 30.6 Å². The van der Waals surface area contributed by atoms with E-state index in [1.54, 1.807) is 54.6 Å². The number of carbonyl (C=O) groups is 1. The van der Waals surface area contributed by atoms with E-state index in [1.165, 1.54) is 6.08 Å². The van der Waals surface area contributed by atoms with E-state index in [9.17, 15) is 10.1 Å². The molecule has 208 valence electrons. The van der Waals surface area contributed by atoms with Gasteiger partial charge in [-0.2, -0.15) is 5.26 Å². The molecule has 0 unspecified atom stereocenters. The summed E-state index contributed by atoms with van der Waals surface area (Å²) < 4.78 is 17.5. The number of halogens is 3. The Labute approximate surface area is 253 Å². The first kappa shape index (κ1) is 29.8. The smallest absolute Gasteiger partial charge is 0.266 e. The number of hydrogen-bond acceptors (Lipinski definition) is 5. The number of ether oxygens (including phenoxy) is 3. The second-order valence-corrected chi connectivity index (χ2v) is 9.96. The van der Waals surface area contributed by atoms with Crippen LogP contribution in [0.3, 0.4) is 0 Å². The van der Waals surface area contributed by atoms with Gasteiger partial charge in [-0.3, -0.25) is 4.79 Å². The Morgan fingerprint density at radius 2 is 1.61 bits per heavy atom. The molecule has 0 saturated carbocycles. The van der Waals surface area contributed by atoms with Crippen molar-refractivity contribution >= 4 is 52.5 Å². The SMILES string of the molecule is CCOc1cc(/C=C(\C#N)C(=O)Nc2ccc(OCc3ccccc3Cl)cc2)cc(Cl)c1OCc1ccc(Cl)cc1. The first-order valence-corrected chi connectivity index (χ1v) is 13.7. The number of nitrogens with zero attached hydrogens (tertiary/aromatic N) is 1. The standard InChI is InChI=1S/C32H25Cl3N2O4/c1-2-39-30-17-22(16-29(35)31(30)41-19-21-7-9-25(33)10-8-21)15-24(18-36)32(38)37-26-11-13-27(14-12-26)40-20-23-5-3-4-6-28(23)34/h3-17H,2,19-20H2,1H3,(H,37,38)/b24-15+. The maximum atomic E-state index is 12.9. The third-order valence-electron chi connectivity index (χ3n) is 5.77. The molecule has 1 N–H and O–H groups in total. The zero-order valence-electron chi connectivity index (χ0n) is 22.0. The van der Waals surface area contributed by atoms with E-state index in [-0.39, 0.29) is 17.2 Å². The molecule has 9 heteroatoms. The van der Waals surface area contributed by atoms with E-state index < -0.39 is 5.91 Å². The van der Waals surface area contributed by atoms with Crippen molar-refractivity contribution in [2.24, 2.45) is 0 Å². The molecule has 0 aliphatic rings. The first-order chi connectivity index (χ1) is 19.9. The highest BCUT2D eigenvalue weighted by Crippen LogP contribution is 2.38. The van der Waals surface area contributed by atoms with Gasteiger partial charge in [0.25, 0.3) is 5.91 Å². The first-order valence-electron chi connectivity index (χ1n) is 12.6. The van der Waals surface area contributed by atoms with E-state index in [1.807, 2.05) is 43.3 Å². The Bertz CT molecular complexity index is 1580. The molecule has 41 heavy (non-hydrogen) atoms. The van der Waals surface area contributed by atoms with Crippen molar-refractivity contribution in [1.82, 2.24) is 0 Å². The minimum absolute atomic E-state index is 0.114. The highest BCUT2D eigenvalue weighted by molar-refractivity contribution is 6.32. The molecule has 0 heterocycles. The third-order valence-corrected chi connectivity index (χ3v) is 6.67. The summed E-state index contributed by atoms with van der Waals surface area (Å²) in [5.41, 5.74) is 2.66. The fourth-order valence-electron chi connectivity index (χ4n) is 3.74. The number of amides is 1. The number of nitriles is 1. The second kappa shape index (κ2) is 14.5. The van der Waals surface area contributed by atoms with E-state index in [2.05, 4.69) is 5.32 Å². The summed E-state index contributed by atoms with van der Waals surface area (Å²) >= 11 is 18.7. The summed E-state index contributed by atoms with van der Waals surface area (Å²) in [6.45, 7) is 2.76.